The number of nitrogens with one attached hydrogen (secondary N) is 1. The van der Waals surface area contributed by atoms with E-state index in [1.165, 1.54) is 4.90 Å². The number of halogens is 1. The SMILES string of the molecule is CN(C)Cc1ccc(-c2ccc(N(C(N)=O)c3cccc(Cl)c3)cc2)c2c(N)n[nH]c12. The minimum absolute atomic E-state index is 0.451. The number of anilines is 3. The van der Waals surface area contributed by atoms with E-state index in [4.69, 9.17) is 23.1 Å². The number of carbonyl (C=O) groups excluding carboxylic acids is 1. The molecule has 4 rings (SSSR count). The number of aromatic nitrogens is 2. The lowest BCUT2D eigenvalue weighted by atomic mass is 9.98. The average molecular weight is 435 g/mol. The smallest absolute Gasteiger partial charge is 0.323 e. The Labute approximate surface area is 185 Å². The van der Waals surface area contributed by atoms with Gasteiger partial charge in [0.2, 0.25) is 0 Å². The maximum Gasteiger partial charge on any atom is 0.323 e. The third-order valence-corrected chi connectivity index (χ3v) is 5.28. The fourth-order valence-corrected chi connectivity index (χ4v) is 3.92. The summed E-state index contributed by atoms with van der Waals surface area (Å²) in [5.41, 5.74) is 17.0. The maximum atomic E-state index is 12.1. The molecule has 0 unspecified atom stereocenters. The molecule has 0 bridgehead atoms. The number of primary amides is 1. The number of nitrogens with zero attached hydrogens (tertiary/aromatic N) is 3. The van der Waals surface area contributed by atoms with Crippen molar-refractivity contribution in [3.8, 4) is 11.1 Å². The van der Waals surface area contributed by atoms with Gasteiger partial charge in [-0.25, -0.2) is 4.79 Å². The number of nitrogens with two attached hydrogens (primary N) is 2. The number of aromatic amines is 1. The van der Waals surface area contributed by atoms with Crippen LogP contribution in [0.4, 0.5) is 22.0 Å². The predicted octanol–water partition coefficient (Wildman–Crippen LogP) is 4.74. The zero-order valence-corrected chi connectivity index (χ0v) is 18.0. The highest BCUT2D eigenvalue weighted by molar-refractivity contribution is 6.31. The molecule has 0 fully saturated rings. The predicted molar refractivity (Wildman–Crippen MR) is 127 cm³/mol. The number of amides is 2. The molecule has 2 amide bonds. The van der Waals surface area contributed by atoms with Crippen LogP contribution in [-0.4, -0.2) is 35.2 Å². The Kier molecular flexibility index (Phi) is 5.54. The molecule has 0 spiro atoms. The molecular weight excluding hydrogens is 412 g/mol. The van der Waals surface area contributed by atoms with E-state index in [2.05, 4.69) is 21.2 Å². The normalized spacial score (nSPS) is 11.2. The second-order valence-corrected chi connectivity index (χ2v) is 8.01. The minimum atomic E-state index is -0.593. The van der Waals surface area contributed by atoms with Gasteiger partial charge in [0, 0.05) is 11.6 Å². The third-order valence-electron chi connectivity index (χ3n) is 5.05. The van der Waals surface area contributed by atoms with Gasteiger partial charge in [-0.15, -0.1) is 0 Å². The van der Waals surface area contributed by atoms with E-state index < -0.39 is 6.03 Å². The lowest BCUT2D eigenvalue weighted by molar-refractivity contribution is 0.256. The van der Waals surface area contributed by atoms with Crippen molar-refractivity contribution in [3.05, 3.63) is 71.2 Å². The van der Waals surface area contributed by atoms with Gasteiger partial charge in [-0.3, -0.25) is 10.00 Å². The average Bonchev–Trinajstić information content (AvgIpc) is 3.11. The second kappa shape index (κ2) is 8.29. The fraction of sp³-hybridized carbons (Fsp3) is 0.130. The van der Waals surface area contributed by atoms with Gasteiger partial charge in [-0.05, 0) is 61.1 Å². The molecule has 0 atom stereocenters. The van der Waals surface area contributed by atoms with Crippen LogP contribution in [0, 0.1) is 0 Å². The van der Waals surface area contributed by atoms with E-state index in [1.54, 1.807) is 24.3 Å². The molecule has 3 aromatic carbocycles. The molecule has 1 heterocycles. The number of urea groups is 1. The van der Waals surface area contributed by atoms with Crippen LogP contribution in [0.3, 0.4) is 0 Å². The lowest BCUT2D eigenvalue weighted by Gasteiger charge is -2.21. The Balaban J connectivity index is 1.75. The molecular formula is C23H23ClN6O. The van der Waals surface area contributed by atoms with Crippen molar-refractivity contribution >= 4 is 45.7 Å². The first-order valence-electron chi connectivity index (χ1n) is 9.71. The Morgan fingerprint density at radius 1 is 1.06 bits per heavy atom. The Bertz CT molecular complexity index is 1250. The molecule has 0 saturated heterocycles. The Hall–Kier alpha value is -3.55. The highest BCUT2D eigenvalue weighted by Gasteiger charge is 2.17. The molecule has 0 aliphatic carbocycles. The molecule has 4 aromatic rings. The van der Waals surface area contributed by atoms with Crippen LogP contribution in [0.2, 0.25) is 5.02 Å². The summed E-state index contributed by atoms with van der Waals surface area (Å²) in [6.07, 6.45) is 0. The van der Waals surface area contributed by atoms with E-state index in [0.29, 0.717) is 22.2 Å². The van der Waals surface area contributed by atoms with E-state index in [0.717, 1.165) is 34.1 Å². The van der Waals surface area contributed by atoms with Gasteiger partial charge >= 0.3 is 6.03 Å². The van der Waals surface area contributed by atoms with E-state index >= 15 is 0 Å². The van der Waals surface area contributed by atoms with Gasteiger partial charge in [0.15, 0.2) is 5.82 Å². The van der Waals surface area contributed by atoms with Crippen molar-refractivity contribution in [2.24, 2.45) is 5.73 Å². The highest BCUT2D eigenvalue weighted by Crippen LogP contribution is 2.35. The Morgan fingerprint density at radius 3 is 2.45 bits per heavy atom. The monoisotopic (exact) mass is 434 g/mol. The van der Waals surface area contributed by atoms with Crippen LogP contribution >= 0.6 is 11.6 Å². The summed E-state index contributed by atoms with van der Waals surface area (Å²) in [7, 11) is 4.03. The number of hydrogen-bond acceptors (Lipinski definition) is 4. The van der Waals surface area contributed by atoms with Crippen molar-refractivity contribution in [2.75, 3.05) is 24.7 Å². The standard InChI is InChI=1S/C23H23ClN6O/c1-29(2)13-15-8-11-19(20-21(15)27-28-22(20)25)14-6-9-17(10-7-14)30(23(26)31)18-5-3-4-16(24)12-18/h3-12H,13H2,1-2H3,(H2,26,31)(H3,25,27,28). The first kappa shape index (κ1) is 20.7. The first-order valence-corrected chi connectivity index (χ1v) is 10.1. The fourth-order valence-electron chi connectivity index (χ4n) is 3.73. The minimum Gasteiger partial charge on any atom is -0.382 e. The number of carbonyl (C=O) groups is 1. The summed E-state index contributed by atoms with van der Waals surface area (Å²) in [4.78, 5) is 15.7. The van der Waals surface area contributed by atoms with E-state index in [9.17, 15) is 4.79 Å². The van der Waals surface area contributed by atoms with Crippen LogP contribution in [-0.2, 0) is 6.54 Å². The maximum absolute atomic E-state index is 12.1. The molecule has 0 saturated carbocycles. The summed E-state index contributed by atoms with van der Waals surface area (Å²) < 4.78 is 0. The number of rotatable bonds is 5. The van der Waals surface area contributed by atoms with E-state index in [1.807, 2.05) is 44.4 Å². The third kappa shape index (κ3) is 4.05. The largest absolute Gasteiger partial charge is 0.382 e. The summed E-state index contributed by atoms with van der Waals surface area (Å²) in [5, 5.41) is 8.69. The van der Waals surface area contributed by atoms with Crippen LogP contribution in [0.15, 0.2) is 60.7 Å². The number of benzene rings is 3. The summed E-state index contributed by atoms with van der Waals surface area (Å²) in [5.74, 6) is 0.451. The van der Waals surface area contributed by atoms with Crippen molar-refractivity contribution in [2.45, 2.75) is 6.54 Å². The molecule has 0 aliphatic rings. The van der Waals surface area contributed by atoms with E-state index in [-0.39, 0.29) is 0 Å². The number of H-pyrrole nitrogens is 1. The van der Waals surface area contributed by atoms with Crippen molar-refractivity contribution in [1.82, 2.24) is 15.1 Å². The summed E-state index contributed by atoms with van der Waals surface area (Å²) in [6.45, 7) is 0.768. The number of hydrogen-bond donors (Lipinski definition) is 3. The van der Waals surface area contributed by atoms with Gasteiger partial charge in [-0.1, -0.05) is 41.9 Å². The topological polar surface area (TPSA) is 104 Å². The van der Waals surface area contributed by atoms with Gasteiger partial charge in [0.1, 0.15) is 0 Å². The van der Waals surface area contributed by atoms with Gasteiger partial charge in [-0.2, -0.15) is 5.10 Å². The molecule has 1 aromatic heterocycles. The molecule has 7 nitrogen and oxygen atoms in total. The van der Waals surface area contributed by atoms with Crippen molar-refractivity contribution in [3.63, 3.8) is 0 Å². The summed E-state index contributed by atoms with van der Waals surface area (Å²) in [6, 6.07) is 18.1. The zero-order valence-electron chi connectivity index (χ0n) is 17.3. The van der Waals surface area contributed by atoms with Crippen LogP contribution in [0.1, 0.15) is 5.56 Å². The quantitative estimate of drug-likeness (QED) is 0.421. The molecule has 8 heteroatoms. The molecule has 158 valence electrons. The zero-order chi connectivity index (χ0) is 22.1. The Morgan fingerprint density at radius 2 is 1.81 bits per heavy atom. The summed E-state index contributed by atoms with van der Waals surface area (Å²) >= 11 is 6.09. The van der Waals surface area contributed by atoms with Gasteiger partial charge in [0.05, 0.1) is 22.3 Å². The van der Waals surface area contributed by atoms with Crippen LogP contribution < -0.4 is 16.4 Å². The van der Waals surface area contributed by atoms with Crippen LogP contribution in [0.5, 0.6) is 0 Å². The van der Waals surface area contributed by atoms with Crippen LogP contribution in [0.25, 0.3) is 22.0 Å². The number of nitrogen functional groups attached to an aromatic ring is 1. The molecule has 0 radical (unpaired) electrons. The van der Waals surface area contributed by atoms with Gasteiger partial charge < -0.3 is 16.4 Å². The highest BCUT2D eigenvalue weighted by atomic mass is 35.5. The lowest BCUT2D eigenvalue weighted by Crippen LogP contribution is -2.31. The second-order valence-electron chi connectivity index (χ2n) is 7.57. The van der Waals surface area contributed by atoms with Crippen molar-refractivity contribution in [1.29, 1.82) is 0 Å². The molecule has 31 heavy (non-hydrogen) atoms. The number of fused-ring (bicyclic) bond motifs is 1. The molecule has 0 aliphatic heterocycles. The first-order chi connectivity index (χ1) is 14.8. The molecule has 5 N–H and O–H groups in total. The van der Waals surface area contributed by atoms with Crippen molar-refractivity contribution < 1.29 is 4.79 Å². The van der Waals surface area contributed by atoms with Gasteiger partial charge in [0.25, 0.3) is 0 Å².